The van der Waals surface area contributed by atoms with Crippen LogP contribution >= 0.6 is 35.3 Å². The van der Waals surface area contributed by atoms with Gasteiger partial charge in [-0.2, -0.15) is 0 Å². The highest BCUT2D eigenvalue weighted by Crippen LogP contribution is 2.24. The first-order valence-electron chi connectivity index (χ1n) is 8.94. The minimum Gasteiger partial charge on any atom is -0.472 e. The highest BCUT2D eigenvalue weighted by atomic mass is 127. The zero-order valence-electron chi connectivity index (χ0n) is 16.3. The maximum Gasteiger partial charge on any atom is 0.213 e. The number of hydrogen-bond donors (Lipinski definition) is 1. The van der Waals surface area contributed by atoms with E-state index in [1.165, 1.54) is 0 Å². The molecule has 1 aliphatic heterocycles. The van der Waals surface area contributed by atoms with Crippen LogP contribution < -0.4 is 10.1 Å². The van der Waals surface area contributed by atoms with E-state index in [9.17, 15) is 0 Å². The van der Waals surface area contributed by atoms with Crippen molar-refractivity contribution in [3.8, 4) is 5.88 Å². The molecular weight excluding hydrogens is 473 g/mol. The van der Waals surface area contributed by atoms with Gasteiger partial charge in [-0.15, -0.1) is 35.3 Å². The number of halogens is 1. The normalized spacial score (nSPS) is 17.6. The Hall–Kier alpha value is -1.42. The Morgan fingerprint density at radius 3 is 2.85 bits per heavy atom. The molecule has 1 atom stereocenters. The summed E-state index contributed by atoms with van der Waals surface area (Å²) in [6, 6.07) is 5.73. The number of aliphatic imine (C=N–C) groups is 1. The van der Waals surface area contributed by atoms with Crippen molar-refractivity contribution < 1.29 is 4.74 Å². The lowest BCUT2D eigenvalue weighted by atomic mass is 9.93. The van der Waals surface area contributed by atoms with E-state index in [0.717, 1.165) is 36.2 Å². The third-order valence-electron chi connectivity index (χ3n) is 4.30. The number of rotatable bonds is 4. The minimum absolute atomic E-state index is 0. The summed E-state index contributed by atoms with van der Waals surface area (Å²) in [5.74, 6) is 1.57. The van der Waals surface area contributed by atoms with Crippen LogP contribution in [-0.4, -0.2) is 47.1 Å². The first kappa shape index (κ1) is 21.9. The summed E-state index contributed by atoms with van der Waals surface area (Å²) in [4.78, 5) is 15.6. The Balaban J connectivity index is 0.00000261. The summed E-state index contributed by atoms with van der Waals surface area (Å²) in [6.07, 6.45) is 2.85. The lowest BCUT2D eigenvalue weighted by Crippen LogP contribution is -2.40. The highest BCUT2D eigenvalue weighted by molar-refractivity contribution is 14.0. The molecule has 27 heavy (non-hydrogen) atoms. The van der Waals surface area contributed by atoms with Crippen LogP contribution in [-0.2, 0) is 12.0 Å². The average Bonchev–Trinajstić information content (AvgIpc) is 3.26. The molecule has 3 rings (SSSR count). The summed E-state index contributed by atoms with van der Waals surface area (Å²) >= 11 is 1.69. The van der Waals surface area contributed by atoms with Crippen LogP contribution in [0.15, 0.2) is 34.8 Å². The molecule has 0 bridgehead atoms. The summed E-state index contributed by atoms with van der Waals surface area (Å²) in [6.45, 7) is 8.97. The monoisotopic (exact) mass is 501 g/mol. The molecule has 0 amide bonds. The molecule has 0 aliphatic carbocycles. The van der Waals surface area contributed by atoms with Gasteiger partial charge in [-0.3, -0.25) is 4.99 Å². The van der Waals surface area contributed by atoms with Gasteiger partial charge >= 0.3 is 0 Å². The summed E-state index contributed by atoms with van der Waals surface area (Å²) in [5.41, 5.74) is 1.22. The molecule has 0 radical (unpaired) electrons. The van der Waals surface area contributed by atoms with Crippen LogP contribution in [0.2, 0.25) is 0 Å². The molecule has 0 aromatic carbocycles. The molecule has 0 spiro atoms. The fourth-order valence-electron chi connectivity index (χ4n) is 2.83. The predicted molar refractivity (Wildman–Crippen MR) is 121 cm³/mol. The zero-order valence-corrected chi connectivity index (χ0v) is 19.5. The first-order chi connectivity index (χ1) is 12.5. The average molecular weight is 501 g/mol. The maximum absolute atomic E-state index is 5.96. The molecule has 148 valence electrons. The molecule has 6 nitrogen and oxygen atoms in total. The van der Waals surface area contributed by atoms with Gasteiger partial charge in [-0.25, -0.2) is 9.97 Å². The molecule has 1 saturated heterocycles. The number of ether oxygens (including phenoxy) is 1. The minimum atomic E-state index is 0. The van der Waals surface area contributed by atoms with Gasteiger partial charge in [0.25, 0.3) is 0 Å². The van der Waals surface area contributed by atoms with Crippen LogP contribution in [0.4, 0.5) is 0 Å². The molecule has 2 aromatic rings. The van der Waals surface area contributed by atoms with Crippen molar-refractivity contribution >= 4 is 41.3 Å². The number of nitrogens with one attached hydrogen (secondary N) is 1. The van der Waals surface area contributed by atoms with Gasteiger partial charge in [-0.1, -0.05) is 26.8 Å². The summed E-state index contributed by atoms with van der Waals surface area (Å²) in [5, 5.41) is 6.65. The van der Waals surface area contributed by atoms with E-state index >= 15 is 0 Å². The molecule has 8 heteroatoms. The van der Waals surface area contributed by atoms with Crippen molar-refractivity contribution in [3.05, 3.63) is 40.5 Å². The second-order valence-electron chi connectivity index (χ2n) is 7.42. The Bertz CT molecular complexity index is 744. The molecule has 2 aromatic heterocycles. The van der Waals surface area contributed by atoms with Crippen LogP contribution in [0.3, 0.4) is 0 Å². The van der Waals surface area contributed by atoms with Gasteiger partial charge in [0.05, 0.1) is 18.8 Å². The number of guanidine groups is 1. The van der Waals surface area contributed by atoms with E-state index < -0.39 is 0 Å². The smallest absolute Gasteiger partial charge is 0.213 e. The fourth-order valence-corrected chi connectivity index (χ4v) is 3.79. The lowest BCUT2D eigenvalue weighted by molar-refractivity contribution is 0.205. The van der Waals surface area contributed by atoms with E-state index in [-0.39, 0.29) is 35.5 Å². The number of aromatic nitrogens is 2. The van der Waals surface area contributed by atoms with Crippen molar-refractivity contribution in [2.24, 2.45) is 4.99 Å². The molecule has 1 aliphatic rings. The SMILES string of the molecule is CN=C(NCc1nc(C(C)(C)C)cs1)N1CCC(Oc2ccccn2)C1.I. The molecule has 1 fully saturated rings. The van der Waals surface area contributed by atoms with E-state index in [1.807, 2.05) is 25.2 Å². The lowest BCUT2D eigenvalue weighted by Gasteiger charge is -2.21. The molecule has 0 saturated carbocycles. The summed E-state index contributed by atoms with van der Waals surface area (Å²) < 4.78 is 5.96. The standard InChI is InChI=1S/C19H27N5OS.HI/c1-19(2,3)15-13-26-17(23-15)11-22-18(20-4)24-10-8-14(12-24)25-16-7-5-6-9-21-16;/h5-7,9,13-14H,8,10-12H2,1-4H3,(H,20,22);1H. The summed E-state index contributed by atoms with van der Waals surface area (Å²) in [7, 11) is 1.82. The van der Waals surface area contributed by atoms with Crippen molar-refractivity contribution in [1.29, 1.82) is 0 Å². The maximum atomic E-state index is 5.96. The first-order valence-corrected chi connectivity index (χ1v) is 9.82. The van der Waals surface area contributed by atoms with E-state index in [2.05, 4.69) is 46.3 Å². The molecule has 1 N–H and O–H groups in total. The Labute approximate surface area is 182 Å². The Morgan fingerprint density at radius 2 is 2.22 bits per heavy atom. The van der Waals surface area contributed by atoms with E-state index in [0.29, 0.717) is 12.4 Å². The van der Waals surface area contributed by atoms with Crippen LogP contribution in [0, 0.1) is 0 Å². The van der Waals surface area contributed by atoms with Gasteiger partial charge < -0.3 is 15.0 Å². The number of pyridine rings is 1. The molecular formula is C19H28IN5OS. The quantitative estimate of drug-likeness (QED) is 0.394. The Morgan fingerprint density at radius 1 is 1.41 bits per heavy atom. The number of likely N-dealkylation sites (tertiary alicyclic amines) is 1. The molecule has 3 heterocycles. The van der Waals surface area contributed by atoms with Crippen molar-refractivity contribution in [2.45, 2.75) is 45.3 Å². The Kier molecular flexibility index (Phi) is 7.84. The fraction of sp³-hybridized carbons (Fsp3) is 0.526. The van der Waals surface area contributed by atoms with E-state index in [1.54, 1.807) is 17.5 Å². The highest BCUT2D eigenvalue weighted by Gasteiger charge is 2.26. The molecule has 1 unspecified atom stereocenters. The van der Waals surface area contributed by atoms with Gasteiger partial charge in [0.2, 0.25) is 5.88 Å². The van der Waals surface area contributed by atoms with Crippen LogP contribution in [0.25, 0.3) is 0 Å². The van der Waals surface area contributed by atoms with Crippen molar-refractivity contribution in [1.82, 2.24) is 20.2 Å². The third-order valence-corrected chi connectivity index (χ3v) is 5.15. The third kappa shape index (κ3) is 6.03. The predicted octanol–water partition coefficient (Wildman–Crippen LogP) is 3.68. The zero-order chi connectivity index (χ0) is 18.6. The van der Waals surface area contributed by atoms with Gasteiger partial charge in [0.15, 0.2) is 5.96 Å². The second kappa shape index (κ2) is 9.68. The van der Waals surface area contributed by atoms with Gasteiger partial charge in [-0.05, 0) is 6.07 Å². The van der Waals surface area contributed by atoms with Crippen molar-refractivity contribution in [3.63, 3.8) is 0 Å². The topological polar surface area (TPSA) is 62.6 Å². The second-order valence-corrected chi connectivity index (χ2v) is 8.36. The van der Waals surface area contributed by atoms with Crippen LogP contribution in [0.1, 0.15) is 37.9 Å². The van der Waals surface area contributed by atoms with Crippen molar-refractivity contribution in [2.75, 3.05) is 20.1 Å². The van der Waals surface area contributed by atoms with Gasteiger partial charge in [0, 0.05) is 43.1 Å². The van der Waals surface area contributed by atoms with E-state index in [4.69, 9.17) is 9.72 Å². The number of thiazole rings is 1. The number of nitrogens with zero attached hydrogens (tertiary/aromatic N) is 4. The van der Waals surface area contributed by atoms with Gasteiger partial charge in [0.1, 0.15) is 11.1 Å². The number of hydrogen-bond acceptors (Lipinski definition) is 5. The van der Waals surface area contributed by atoms with Crippen LogP contribution in [0.5, 0.6) is 5.88 Å². The largest absolute Gasteiger partial charge is 0.472 e.